The largest absolute Gasteiger partial charge is 0.379 e. The molecule has 1 aromatic heterocycles. The van der Waals surface area contributed by atoms with Crippen molar-refractivity contribution in [3.63, 3.8) is 0 Å². The summed E-state index contributed by atoms with van der Waals surface area (Å²) in [5, 5.41) is 3.36. The van der Waals surface area contributed by atoms with E-state index in [-0.39, 0.29) is 5.56 Å². The number of hydrogen-bond acceptors (Lipinski definition) is 5. The lowest BCUT2D eigenvalue weighted by molar-refractivity contribution is 0.0352. The molecule has 17 heavy (non-hydrogen) atoms. The van der Waals surface area contributed by atoms with Crippen molar-refractivity contribution in [2.45, 2.75) is 0 Å². The van der Waals surface area contributed by atoms with E-state index < -0.39 is 17.2 Å². The molecule has 0 aliphatic heterocycles. The van der Waals surface area contributed by atoms with E-state index in [1.165, 1.54) is 12.1 Å². The van der Waals surface area contributed by atoms with Gasteiger partial charge in [0.1, 0.15) is 6.20 Å². The second-order valence-electron chi connectivity index (χ2n) is 3.06. The van der Waals surface area contributed by atoms with Crippen LogP contribution in [0.15, 0.2) is 46.1 Å². The summed E-state index contributed by atoms with van der Waals surface area (Å²) in [5.41, 5.74) is -1.31. The smallest absolute Gasteiger partial charge is 0.309 e. The molecule has 86 valence electrons. The minimum atomic E-state index is -0.915. The van der Waals surface area contributed by atoms with Gasteiger partial charge in [-0.1, -0.05) is 18.2 Å². The lowest BCUT2D eigenvalue weighted by atomic mass is 10.2. The predicted molar refractivity (Wildman–Crippen MR) is 56.5 cm³/mol. The molecule has 1 heterocycles. The van der Waals surface area contributed by atoms with E-state index in [2.05, 4.69) is 9.94 Å². The third-order valence-electron chi connectivity index (χ3n) is 1.86. The molecule has 0 saturated heterocycles. The first-order valence-electron chi connectivity index (χ1n) is 4.63. The van der Waals surface area contributed by atoms with Crippen molar-refractivity contribution >= 4 is 5.97 Å². The minimum absolute atomic E-state index is 0.271. The van der Waals surface area contributed by atoms with Gasteiger partial charge in [0.25, 0.3) is 5.56 Å². The molecule has 1 aromatic carbocycles. The van der Waals surface area contributed by atoms with Crippen LogP contribution in [0.5, 0.6) is 0 Å². The Kier molecular flexibility index (Phi) is 2.82. The molecule has 0 aliphatic rings. The van der Waals surface area contributed by atoms with Crippen molar-refractivity contribution in [1.82, 2.24) is 14.9 Å². The van der Waals surface area contributed by atoms with E-state index in [0.29, 0.717) is 4.85 Å². The molecule has 2 rings (SSSR count). The third kappa shape index (κ3) is 2.46. The Morgan fingerprint density at radius 1 is 1.24 bits per heavy atom. The van der Waals surface area contributed by atoms with Crippen molar-refractivity contribution in [3.05, 3.63) is 62.9 Å². The molecule has 0 amide bonds. The molecule has 7 nitrogen and oxygen atoms in total. The van der Waals surface area contributed by atoms with Crippen LogP contribution >= 0.6 is 0 Å². The minimum Gasteiger partial charge on any atom is -0.309 e. The highest BCUT2D eigenvalue weighted by Gasteiger charge is 2.09. The SMILES string of the molecule is O=C(On1ncc(=O)[nH]c1=O)c1ccccc1. The maximum Gasteiger partial charge on any atom is 0.379 e. The van der Waals surface area contributed by atoms with Crippen molar-refractivity contribution in [2.24, 2.45) is 0 Å². The predicted octanol–water partition coefficient (Wildman–Crippen LogP) is -0.799. The first-order chi connectivity index (χ1) is 8.16. The Balaban J connectivity index is 2.25. The lowest BCUT2D eigenvalue weighted by Crippen LogP contribution is -2.37. The van der Waals surface area contributed by atoms with Crippen LogP contribution in [0.25, 0.3) is 0 Å². The number of aromatic nitrogens is 3. The molecule has 0 saturated carbocycles. The highest BCUT2D eigenvalue weighted by atomic mass is 16.7. The summed E-state index contributed by atoms with van der Waals surface area (Å²) in [6, 6.07) is 8.10. The number of benzene rings is 1. The lowest BCUT2D eigenvalue weighted by Gasteiger charge is -2.02. The van der Waals surface area contributed by atoms with Gasteiger partial charge >= 0.3 is 11.7 Å². The Bertz CT molecular complexity index is 644. The quantitative estimate of drug-likeness (QED) is 0.732. The number of rotatable bonds is 2. The summed E-state index contributed by atoms with van der Waals surface area (Å²) in [5.74, 6) is -0.743. The molecule has 0 bridgehead atoms. The topological polar surface area (TPSA) is 94.1 Å². The molecule has 0 aliphatic carbocycles. The summed E-state index contributed by atoms with van der Waals surface area (Å²) < 4.78 is 0. The fourth-order valence-electron chi connectivity index (χ4n) is 1.11. The first-order valence-corrected chi connectivity index (χ1v) is 4.63. The fourth-order valence-corrected chi connectivity index (χ4v) is 1.11. The molecule has 0 radical (unpaired) electrons. The molecule has 1 N–H and O–H groups in total. The van der Waals surface area contributed by atoms with Crippen LogP contribution < -0.4 is 16.1 Å². The first kappa shape index (κ1) is 10.8. The zero-order valence-corrected chi connectivity index (χ0v) is 8.49. The number of H-pyrrole nitrogens is 1. The molecular formula is C10H7N3O4. The number of nitrogens with one attached hydrogen (secondary N) is 1. The van der Waals surface area contributed by atoms with E-state index in [4.69, 9.17) is 0 Å². The Labute approximate surface area is 94.2 Å². The second-order valence-corrected chi connectivity index (χ2v) is 3.06. The van der Waals surface area contributed by atoms with E-state index in [1.807, 2.05) is 4.98 Å². The van der Waals surface area contributed by atoms with Crippen molar-refractivity contribution < 1.29 is 9.63 Å². The Morgan fingerprint density at radius 2 is 1.94 bits per heavy atom. The summed E-state index contributed by atoms with van der Waals surface area (Å²) >= 11 is 0. The maximum absolute atomic E-state index is 11.5. The molecule has 0 spiro atoms. The van der Waals surface area contributed by atoms with Crippen LogP contribution in [-0.2, 0) is 0 Å². The second kappa shape index (κ2) is 4.44. The van der Waals surface area contributed by atoms with Gasteiger partial charge < -0.3 is 4.84 Å². The van der Waals surface area contributed by atoms with E-state index in [9.17, 15) is 14.4 Å². The normalized spacial score (nSPS) is 9.88. The highest BCUT2D eigenvalue weighted by Crippen LogP contribution is 1.97. The molecule has 0 atom stereocenters. The monoisotopic (exact) mass is 233 g/mol. The fraction of sp³-hybridized carbons (Fsp3) is 0. The Morgan fingerprint density at radius 3 is 2.59 bits per heavy atom. The van der Waals surface area contributed by atoms with Gasteiger partial charge in [0.2, 0.25) is 0 Å². The number of carbonyl (C=O) groups is 1. The van der Waals surface area contributed by atoms with Gasteiger partial charge in [0.05, 0.1) is 5.56 Å². The summed E-state index contributed by atoms with van der Waals surface area (Å²) in [6.07, 6.45) is 0.833. The number of hydrogen-bond donors (Lipinski definition) is 1. The van der Waals surface area contributed by atoms with E-state index >= 15 is 0 Å². The number of carbonyl (C=O) groups excluding carboxylic acids is 1. The molecular weight excluding hydrogens is 226 g/mol. The van der Waals surface area contributed by atoms with Gasteiger partial charge in [-0.3, -0.25) is 9.78 Å². The van der Waals surface area contributed by atoms with Gasteiger partial charge in [-0.25, -0.2) is 9.59 Å². The molecule has 7 heteroatoms. The zero-order valence-electron chi connectivity index (χ0n) is 8.49. The summed E-state index contributed by atoms with van der Waals surface area (Å²) in [4.78, 5) is 40.4. The average Bonchev–Trinajstić information content (AvgIpc) is 2.34. The van der Waals surface area contributed by atoms with Crippen LogP contribution in [0.2, 0.25) is 0 Å². The van der Waals surface area contributed by atoms with Crippen LogP contribution in [0.4, 0.5) is 0 Å². The van der Waals surface area contributed by atoms with Crippen LogP contribution in [0, 0.1) is 0 Å². The van der Waals surface area contributed by atoms with E-state index in [1.54, 1.807) is 18.2 Å². The average molecular weight is 233 g/mol. The Hall–Kier alpha value is -2.70. The van der Waals surface area contributed by atoms with Crippen molar-refractivity contribution in [1.29, 1.82) is 0 Å². The van der Waals surface area contributed by atoms with Crippen LogP contribution in [0.1, 0.15) is 10.4 Å². The summed E-state index contributed by atoms with van der Waals surface area (Å²) in [6.45, 7) is 0. The van der Waals surface area contributed by atoms with Gasteiger partial charge in [0, 0.05) is 0 Å². The van der Waals surface area contributed by atoms with Gasteiger partial charge in [-0.05, 0) is 17.0 Å². The van der Waals surface area contributed by atoms with Gasteiger partial charge in [0.15, 0.2) is 0 Å². The van der Waals surface area contributed by atoms with E-state index in [0.717, 1.165) is 6.20 Å². The standard InChI is InChI=1S/C10H7N3O4/c14-8-6-11-13(10(16)12-8)17-9(15)7-4-2-1-3-5-7/h1-6H,(H,12,14,16). The maximum atomic E-state index is 11.5. The van der Waals surface area contributed by atoms with Crippen LogP contribution in [-0.4, -0.2) is 20.9 Å². The summed E-state index contributed by atoms with van der Waals surface area (Å²) in [7, 11) is 0. The zero-order chi connectivity index (χ0) is 12.3. The number of aromatic amines is 1. The number of nitrogens with zero attached hydrogens (tertiary/aromatic N) is 2. The van der Waals surface area contributed by atoms with Crippen LogP contribution in [0.3, 0.4) is 0 Å². The molecule has 2 aromatic rings. The van der Waals surface area contributed by atoms with Crippen molar-refractivity contribution in [3.8, 4) is 0 Å². The van der Waals surface area contributed by atoms with Gasteiger partial charge in [-0.2, -0.15) is 0 Å². The van der Waals surface area contributed by atoms with Gasteiger partial charge in [-0.15, -0.1) is 5.10 Å². The van der Waals surface area contributed by atoms with Crippen molar-refractivity contribution in [2.75, 3.05) is 0 Å². The highest BCUT2D eigenvalue weighted by molar-refractivity contribution is 5.89. The molecule has 0 unspecified atom stereocenters. The molecule has 0 fully saturated rings. The third-order valence-corrected chi connectivity index (χ3v) is 1.86.